The van der Waals surface area contributed by atoms with Crippen molar-refractivity contribution in [1.82, 2.24) is 9.88 Å². The number of nitrogens with two attached hydrogens (primary N) is 1. The minimum atomic E-state index is -0.0284. The van der Waals surface area contributed by atoms with Crippen LogP contribution in [-0.2, 0) is 0 Å². The zero-order valence-electron chi connectivity index (χ0n) is 13.1. The van der Waals surface area contributed by atoms with Gasteiger partial charge in [0.25, 0.3) is 5.91 Å². The van der Waals surface area contributed by atoms with Crippen LogP contribution in [0.2, 0.25) is 0 Å². The van der Waals surface area contributed by atoms with Crippen molar-refractivity contribution in [1.29, 1.82) is 0 Å². The fraction of sp³-hybridized carbons (Fsp3) is 0.714. The van der Waals surface area contributed by atoms with Crippen molar-refractivity contribution in [3.63, 3.8) is 0 Å². The summed E-state index contributed by atoms with van der Waals surface area (Å²) in [6.45, 7) is 10.0. The van der Waals surface area contributed by atoms with Crippen LogP contribution in [0.3, 0.4) is 0 Å². The summed E-state index contributed by atoms with van der Waals surface area (Å²) in [6.07, 6.45) is 2.05. The molecule has 1 heterocycles. The van der Waals surface area contributed by atoms with Crippen LogP contribution in [-0.4, -0.2) is 42.0 Å². The smallest absolute Gasteiger partial charge is 0.267 e. The van der Waals surface area contributed by atoms with Gasteiger partial charge < -0.3 is 15.5 Å². The Morgan fingerprint density at radius 1 is 1.35 bits per heavy atom. The third-order valence-electron chi connectivity index (χ3n) is 3.56. The van der Waals surface area contributed by atoms with E-state index in [9.17, 15) is 4.79 Å². The van der Waals surface area contributed by atoms with Gasteiger partial charge in [-0.25, -0.2) is 4.98 Å². The van der Waals surface area contributed by atoms with E-state index in [2.05, 4.69) is 37.6 Å². The van der Waals surface area contributed by atoms with Gasteiger partial charge in [0.05, 0.1) is 0 Å². The zero-order chi connectivity index (χ0) is 15.3. The molecule has 0 saturated carbocycles. The van der Waals surface area contributed by atoms with E-state index in [1.165, 1.54) is 11.3 Å². The Labute approximate surface area is 125 Å². The van der Waals surface area contributed by atoms with Gasteiger partial charge in [-0.05, 0) is 27.2 Å². The summed E-state index contributed by atoms with van der Waals surface area (Å²) in [5.74, 6) is 0.316. The number of hydrogen-bond donors (Lipinski definition) is 1. The number of rotatable bonds is 7. The average Bonchev–Trinajstić information content (AvgIpc) is 2.80. The fourth-order valence-corrected chi connectivity index (χ4v) is 3.17. The number of aromatic nitrogens is 1. The summed E-state index contributed by atoms with van der Waals surface area (Å²) >= 11 is 1.39. The lowest BCUT2D eigenvalue weighted by molar-refractivity contribution is 0.0742. The lowest BCUT2D eigenvalue weighted by atomic mass is 10.1. The second kappa shape index (κ2) is 7.47. The standard InChI is InChI=1S/C14H26N4OS/c1-6-9-10(4)17(5)13(19)11-12(15)16-14(20-11)18(7-2)8-3/h10H,6-9,15H2,1-5H3. The number of thiazole rings is 1. The predicted molar refractivity (Wildman–Crippen MR) is 86.6 cm³/mol. The topological polar surface area (TPSA) is 62.5 Å². The monoisotopic (exact) mass is 298 g/mol. The van der Waals surface area contributed by atoms with Gasteiger partial charge in [0, 0.05) is 26.2 Å². The highest BCUT2D eigenvalue weighted by atomic mass is 32.1. The van der Waals surface area contributed by atoms with Crippen LogP contribution < -0.4 is 10.6 Å². The van der Waals surface area contributed by atoms with Gasteiger partial charge in [0.1, 0.15) is 10.7 Å². The fourth-order valence-electron chi connectivity index (χ4n) is 2.07. The molecule has 1 atom stereocenters. The maximum Gasteiger partial charge on any atom is 0.267 e. The summed E-state index contributed by atoms with van der Waals surface area (Å²) in [7, 11) is 1.83. The first-order chi connectivity index (χ1) is 9.46. The van der Waals surface area contributed by atoms with Crippen molar-refractivity contribution in [3.05, 3.63) is 4.88 Å². The first-order valence-corrected chi connectivity index (χ1v) is 8.06. The Morgan fingerprint density at radius 2 is 1.95 bits per heavy atom. The molecule has 1 aromatic rings. The van der Waals surface area contributed by atoms with Crippen LogP contribution in [0, 0.1) is 0 Å². The number of carbonyl (C=O) groups excluding carboxylic acids is 1. The van der Waals surface area contributed by atoms with Crippen LogP contribution in [0.4, 0.5) is 10.9 Å². The van der Waals surface area contributed by atoms with E-state index in [1.807, 2.05) is 7.05 Å². The Hall–Kier alpha value is -1.30. The van der Waals surface area contributed by atoms with Gasteiger partial charge in [-0.15, -0.1) is 0 Å². The van der Waals surface area contributed by atoms with Crippen LogP contribution in [0.5, 0.6) is 0 Å². The van der Waals surface area contributed by atoms with E-state index < -0.39 is 0 Å². The maximum absolute atomic E-state index is 12.5. The van der Waals surface area contributed by atoms with Gasteiger partial charge in [-0.3, -0.25) is 4.79 Å². The summed E-state index contributed by atoms with van der Waals surface area (Å²) in [6, 6.07) is 0.214. The largest absolute Gasteiger partial charge is 0.382 e. The van der Waals surface area contributed by atoms with Crippen molar-refractivity contribution in [2.24, 2.45) is 0 Å². The van der Waals surface area contributed by atoms with E-state index in [4.69, 9.17) is 5.73 Å². The minimum absolute atomic E-state index is 0.0284. The Bertz CT molecular complexity index is 442. The SMILES string of the molecule is CCCC(C)N(C)C(=O)c1sc(N(CC)CC)nc1N. The highest BCUT2D eigenvalue weighted by molar-refractivity contribution is 7.18. The number of nitrogen functional groups attached to an aromatic ring is 1. The first-order valence-electron chi connectivity index (χ1n) is 7.24. The lowest BCUT2D eigenvalue weighted by Gasteiger charge is -2.24. The molecule has 1 unspecified atom stereocenters. The molecule has 0 aliphatic rings. The Kier molecular flexibility index (Phi) is 6.26. The van der Waals surface area contributed by atoms with Crippen molar-refractivity contribution in [2.75, 3.05) is 30.8 Å². The maximum atomic E-state index is 12.5. The number of carbonyl (C=O) groups is 1. The molecule has 20 heavy (non-hydrogen) atoms. The molecule has 2 N–H and O–H groups in total. The molecular formula is C14H26N4OS. The normalized spacial score (nSPS) is 12.2. The first kappa shape index (κ1) is 16.8. The number of hydrogen-bond acceptors (Lipinski definition) is 5. The quantitative estimate of drug-likeness (QED) is 0.841. The minimum Gasteiger partial charge on any atom is -0.382 e. The molecule has 0 bridgehead atoms. The van der Waals surface area contributed by atoms with Crippen molar-refractivity contribution >= 4 is 28.2 Å². The number of anilines is 2. The second-order valence-electron chi connectivity index (χ2n) is 4.94. The summed E-state index contributed by atoms with van der Waals surface area (Å²) < 4.78 is 0. The molecule has 0 radical (unpaired) electrons. The third-order valence-corrected chi connectivity index (χ3v) is 4.68. The van der Waals surface area contributed by atoms with E-state index in [1.54, 1.807) is 4.90 Å². The van der Waals surface area contributed by atoms with Crippen LogP contribution >= 0.6 is 11.3 Å². The summed E-state index contributed by atoms with van der Waals surface area (Å²) in [5.41, 5.74) is 5.93. The van der Waals surface area contributed by atoms with Crippen LogP contribution in [0.15, 0.2) is 0 Å². The van der Waals surface area contributed by atoms with Gasteiger partial charge in [-0.2, -0.15) is 0 Å². The molecule has 5 nitrogen and oxygen atoms in total. The van der Waals surface area contributed by atoms with E-state index in [0.717, 1.165) is 31.1 Å². The third kappa shape index (κ3) is 3.62. The molecule has 0 aliphatic heterocycles. The van der Waals surface area contributed by atoms with E-state index in [-0.39, 0.29) is 11.9 Å². The number of amides is 1. The lowest BCUT2D eigenvalue weighted by Crippen LogP contribution is -2.34. The molecule has 0 saturated heterocycles. The average molecular weight is 298 g/mol. The molecule has 6 heteroatoms. The molecule has 1 aromatic heterocycles. The van der Waals surface area contributed by atoms with Gasteiger partial charge in [0.2, 0.25) is 0 Å². The molecule has 114 valence electrons. The molecular weight excluding hydrogens is 272 g/mol. The summed E-state index contributed by atoms with van der Waals surface area (Å²) in [4.78, 5) is 21.2. The zero-order valence-corrected chi connectivity index (χ0v) is 14.0. The van der Waals surface area contributed by atoms with Gasteiger partial charge in [0.15, 0.2) is 5.13 Å². The molecule has 0 fully saturated rings. The molecule has 0 spiro atoms. The van der Waals surface area contributed by atoms with E-state index in [0.29, 0.717) is 10.7 Å². The van der Waals surface area contributed by atoms with Crippen LogP contribution in [0.1, 0.15) is 50.2 Å². The van der Waals surface area contributed by atoms with E-state index >= 15 is 0 Å². The number of nitrogens with zero attached hydrogens (tertiary/aromatic N) is 3. The summed E-state index contributed by atoms with van der Waals surface area (Å²) in [5, 5.41) is 0.826. The molecule has 0 aromatic carbocycles. The second-order valence-corrected chi connectivity index (χ2v) is 5.91. The van der Waals surface area contributed by atoms with Gasteiger partial charge >= 0.3 is 0 Å². The predicted octanol–water partition coefficient (Wildman–Crippen LogP) is 2.83. The van der Waals surface area contributed by atoms with Crippen molar-refractivity contribution in [3.8, 4) is 0 Å². The Balaban J connectivity index is 2.93. The molecule has 1 rings (SSSR count). The molecule has 0 aliphatic carbocycles. The Morgan fingerprint density at radius 3 is 2.45 bits per heavy atom. The van der Waals surface area contributed by atoms with Crippen molar-refractivity contribution in [2.45, 2.75) is 46.6 Å². The highest BCUT2D eigenvalue weighted by Crippen LogP contribution is 2.29. The van der Waals surface area contributed by atoms with Gasteiger partial charge in [-0.1, -0.05) is 24.7 Å². The van der Waals surface area contributed by atoms with Crippen molar-refractivity contribution < 1.29 is 4.79 Å². The van der Waals surface area contributed by atoms with Crippen LogP contribution in [0.25, 0.3) is 0 Å². The highest BCUT2D eigenvalue weighted by Gasteiger charge is 2.23. The molecule has 1 amide bonds.